The van der Waals surface area contributed by atoms with Crippen molar-refractivity contribution in [3.8, 4) is 0 Å². The molecule has 9 nitrogen and oxygen atoms in total. The Kier molecular flexibility index (Phi) is 10.1. The zero-order valence-electron chi connectivity index (χ0n) is 19.0. The van der Waals surface area contributed by atoms with Crippen molar-refractivity contribution in [2.45, 2.75) is 43.3 Å². The maximum atomic E-state index is 12.9. The summed E-state index contributed by atoms with van der Waals surface area (Å²) < 4.78 is 29.2. The van der Waals surface area contributed by atoms with Crippen LogP contribution in [0.5, 0.6) is 0 Å². The lowest BCUT2D eigenvalue weighted by molar-refractivity contribution is -0.227. The molecule has 0 unspecified atom stereocenters. The maximum Gasteiger partial charge on any atom is 0.338 e. The first kappa shape index (κ1) is 28.3. The molecule has 5 atom stereocenters. The zero-order valence-corrected chi connectivity index (χ0v) is 23.8. The fourth-order valence-electron chi connectivity index (χ4n) is 3.39. The number of benzene rings is 2. The van der Waals surface area contributed by atoms with Crippen molar-refractivity contribution in [1.82, 2.24) is 0 Å². The molecule has 0 saturated carbocycles. The second-order valence-corrected chi connectivity index (χ2v) is 10.4. The van der Waals surface area contributed by atoms with Crippen molar-refractivity contribution in [2.75, 3.05) is 6.61 Å². The summed E-state index contributed by atoms with van der Waals surface area (Å²) >= 11 is 9.88. The van der Waals surface area contributed by atoms with Crippen LogP contribution in [0.1, 0.15) is 34.6 Å². The third kappa shape index (κ3) is 7.61. The summed E-state index contributed by atoms with van der Waals surface area (Å²) in [7, 11) is 0. The SMILES string of the molecule is CC(=O)O[C@@H]1[C@@H](OC(C)=O)[C@@H](Br)O[C@H](COC(=O)c2ccc(Br)cc2)[C@@H]1OC(=O)c1ccc(Br)cc1. The van der Waals surface area contributed by atoms with E-state index in [4.69, 9.17) is 23.7 Å². The minimum absolute atomic E-state index is 0.218. The first-order valence-corrected chi connectivity index (χ1v) is 13.1. The minimum atomic E-state index is -1.28. The summed E-state index contributed by atoms with van der Waals surface area (Å²) in [5.41, 5.74) is 0.512. The van der Waals surface area contributed by atoms with E-state index in [1.54, 1.807) is 36.4 Å². The Hall–Kier alpha value is -2.28. The van der Waals surface area contributed by atoms with Gasteiger partial charge in [0, 0.05) is 22.8 Å². The highest BCUT2D eigenvalue weighted by molar-refractivity contribution is 9.10. The monoisotopic (exact) mass is 690 g/mol. The number of carbonyl (C=O) groups is 4. The summed E-state index contributed by atoms with van der Waals surface area (Å²) in [4.78, 5) is 49.1. The number of rotatable bonds is 7. The van der Waals surface area contributed by atoms with Gasteiger partial charge in [-0.15, -0.1) is 0 Å². The van der Waals surface area contributed by atoms with Crippen LogP contribution in [0.15, 0.2) is 57.5 Å². The Balaban J connectivity index is 1.87. The van der Waals surface area contributed by atoms with E-state index in [1.165, 1.54) is 26.0 Å². The van der Waals surface area contributed by atoms with Crippen LogP contribution >= 0.6 is 47.8 Å². The topological polar surface area (TPSA) is 114 Å². The van der Waals surface area contributed by atoms with Gasteiger partial charge in [-0.05, 0) is 48.5 Å². The Labute approximate surface area is 232 Å². The van der Waals surface area contributed by atoms with Crippen LogP contribution in [0.3, 0.4) is 0 Å². The van der Waals surface area contributed by atoms with Crippen LogP contribution in [0.4, 0.5) is 0 Å². The minimum Gasteiger partial charge on any atom is -0.459 e. The normalized spacial score (nSPS) is 23.3. The number of hydrogen-bond donors (Lipinski definition) is 0. The first-order valence-electron chi connectivity index (χ1n) is 10.6. The van der Waals surface area contributed by atoms with Gasteiger partial charge in [0.15, 0.2) is 23.3 Å². The molecule has 0 aliphatic carbocycles. The lowest BCUT2D eigenvalue weighted by atomic mass is 9.99. The predicted octanol–water partition coefficient (Wildman–Crippen LogP) is 4.58. The van der Waals surface area contributed by atoms with Crippen LogP contribution in [0.2, 0.25) is 0 Å². The van der Waals surface area contributed by atoms with Gasteiger partial charge in [-0.2, -0.15) is 0 Å². The second-order valence-electron chi connectivity index (χ2n) is 7.66. The average Bonchev–Trinajstić information content (AvgIpc) is 2.82. The highest BCUT2D eigenvalue weighted by Crippen LogP contribution is 2.32. The molecule has 0 N–H and O–H groups in total. The number of alkyl halides is 1. The third-order valence-electron chi connectivity index (χ3n) is 4.96. The summed E-state index contributed by atoms with van der Waals surface area (Å²) in [5.74, 6) is -2.74. The summed E-state index contributed by atoms with van der Waals surface area (Å²) in [6.45, 7) is 2.00. The van der Waals surface area contributed by atoms with Crippen LogP contribution in [-0.4, -0.2) is 59.9 Å². The summed E-state index contributed by atoms with van der Waals surface area (Å²) in [6.07, 6.45) is -4.74. The van der Waals surface area contributed by atoms with E-state index in [1.807, 2.05) is 0 Å². The lowest BCUT2D eigenvalue weighted by Gasteiger charge is -2.42. The molecule has 1 heterocycles. The lowest BCUT2D eigenvalue weighted by Crippen LogP contribution is -2.61. The number of carbonyl (C=O) groups excluding carboxylic acids is 4. The first-order chi connectivity index (χ1) is 17.0. The number of ether oxygens (including phenoxy) is 5. The molecule has 2 aromatic carbocycles. The Morgan fingerprint density at radius 1 is 0.722 bits per heavy atom. The van der Waals surface area contributed by atoms with E-state index in [-0.39, 0.29) is 12.2 Å². The smallest absolute Gasteiger partial charge is 0.338 e. The number of esters is 4. The largest absolute Gasteiger partial charge is 0.459 e. The van der Waals surface area contributed by atoms with Crippen molar-refractivity contribution >= 4 is 71.7 Å². The molecular weight excluding hydrogens is 672 g/mol. The van der Waals surface area contributed by atoms with E-state index in [2.05, 4.69) is 47.8 Å². The van der Waals surface area contributed by atoms with Crippen molar-refractivity contribution < 1.29 is 42.9 Å². The van der Waals surface area contributed by atoms with Crippen LogP contribution in [0, 0.1) is 0 Å². The quantitative estimate of drug-likeness (QED) is 0.234. The molecule has 0 amide bonds. The molecule has 0 bridgehead atoms. The highest BCUT2D eigenvalue weighted by Gasteiger charge is 2.51. The Bertz CT molecular complexity index is 1100. The fourth-order valence-corrected chi connectivity index (χ4v) is 4.60. The maximum absolute atomic E-state index is 12.9. The molecule has 1 fully saturated rings. The number of hydrogen-bond acceptors (Lipinski definition) is 9. The van der Waals surface area contributed by atoms with E-state index in [0.717, 1.165) is 8.95 Å². The standard InChI is InChI=1S/C24H21Br3O9/c1-12(28)33-20-19(36-24(31)15-5-9-17(26)10-6-15)18(35-22(27)21(20)34-13(2)29)11-32-23(30)14-3-7-16(25)8-4-14/h3-10,18-22H,11H2,1-2H3/t18-,19+,20+,21-,22+/m1/s1. The zero-order chi connectivity index (χ0) is 26.4. The van der Waals surface area contributed by atoms with E-state index in [9.17, 15) is 19.2 Å². The van der Waals surface area contributed by atoms with E-state index >= 15 is 0 Å². The molecule has 0 spiro atoms. The highest BCUT2D eigenvalue weighted by atomic mass is 79.9. The molecule has 1 aliphatic heterocycles. The third-order valence-corrected chi connectivity index (χ3v) is 6.76. The molecule has 1 aliphatic rings. The van der Waals surface area contributed by atoms with Gasteiger partial charge in [-0.25, -0.2) is 9.59 Å². The second kappa shape index (κ2) is 12.8. The van der Waals surface area contributed by atoms with Gasteiger partial charge < -0.3 is 23.7 Å². The van der Waals surface area contributed by atoms with Gasteiger partial charge in [0.1, 0.15) is 12.7 Å². The summed E-state index contributed by atoms with van der Waals surface area (Å²) in [6, 6.07) is 12.9. The van der Waals surface area contributed by atoms with Crippen molar-refractivity contribution in [3.05, 3.63) is 68.6 Å². The molecular formula is C24H21Br3O9. The molecule has 0 radical (unpaired) electrons. The van der Waals surface area contributed by atoms with Gasteiger partial charge in [-0.1, -0.05) is 47.8 Å². The van der Waals surface area contributed by atoms with Crippen molar-refractivity contribution in [2.24, 2.45) is 0 Å². The van der Waals surface area contributed by atoms with Gasteiger partial charge in [0.25, 0.3) is 0 Å². The average molecular weight is 693 g/mol. The molecule has 36 heavy (non-hydrogen) atoms. The molecule has 2 aromatic rings. The van der Waals surface area contributed by atoms with Gasteiger partial charge in [0.2, 0.25) is 0 Å². The fraction of sp³-hybridized carbons (Fsp3) is 0.333. The molecule has 0 aromatic heterocycles. The summed E-state index contributed by atoms with van der Waals surface area (Å²) in [5, 5.41) is -0.954. The number of halogens is 3. The molecule has 1 saturated heterocycles. The van der Waals surface area contributed by atoms with Gasteiger partial charge >= 0.3 is 23.9 Å². The van der Waals surface area contributed by atoms with Crippen LogP contribution < -0.4 is 0 Å². The van der Waals surface area contributed by atoms with Gasteiger partial charge in [0.05, 0.1) is 11.1 Å². The Morgan fingerprint density at radius 2 is 1.19 bits per heavy atom. The van der Waals surface area contributed by atoms with Crippen molar-refractivity contribution in [1.29, 1.82) is 0 Å². The van der Waals surface area contributed by atoms with Crippen LogP contribution in [-0.2, 0) is 33.3 Å². The van der Waals surface area contributed by atoms with Gasteiger partial charge in [-0.3, -0.25) is 9.59 Å². The molecule has 3 rings (SSSR count). The van der Waals surface area contributed by atoms with Crippen molar-refractivity contribution in [3.63, 3.8) is 0 Å². The molecule has 192 valence electrons. The Morgan fingerprint density at radius 3 is 1.69 bits per heavy atom. The van der Waals surface area contributed by atoms with E-state index in [0.29, 0.717) is 5.56 Å². The van der Waals surface area contributed by atoms with Crippen LogP contribution in [0.25, 0.3) is 0 Å². The molecule has 12 heteroatoms. The van der Waals surface area contributed by atoms with E-state index < -0.39 is 53.3 Å². The predicted molar refractivity (Wildman–Crippen MR) is 136 cm³/mol.